The lowest BCUT2D eigenvalue weighted by atomic mass is 9.63. The van der Waals surface area contributed by atoms with Crippen LogP contribution in [0.3, 0.4) is 0 Å². The van der Waals surface area contributed by atoms with Crippen molar-refractivity contribution in [2.75, 3.05) is 7.11 Å². The van der Waals surface area contributed by atoms with Crippen LogP contribution in [0.25, 0.3) is 5.57 Å². The van der Waals surface area contributed by atoms with Gasteiger partial charge in [0.25, 0.3) is 0 Å². The van der Waals surface area contributed by atoms with Crippen molar-refractivity contribution in [3.8, 4) is 0 Å². The average Bonchev–Trinajstić information content (AvgIpc) is 2.64. The summed E-state index contributed by atoms with van der Waals surface area (Å²) in [6.45, 7) is 13.5. The number of methoxy groups -OCH3 is 1. The van der Waals surface area contributed by atoms with Gasteiger partial charge in [0.2, 0.25) is 0 Å². The number of rotatable bonds is 3. The van der Waals surface area contributed by atoms with Crippen LogP contribution < -0.4 is 0 Å². The zero-order chi connectivity index (χ0) is 20.0. The van der Waals surface area contributed by atoms with Crippen LogP contribution >= 0.6 is 11.6 Å². The predicted molar refractivity (Wildman–Crippen MR) is 113 cm³/mol. The Morgan fingerprint density at radius 1 is 0.963 bits per heavy atom. The Morgan fingerprint density at radius 2 is 1.44 bits per heavy atom. The van der Waals surface area contributed by atoms with E-state index in [-0.39, 0.29) is 16.8 Å². The maximum atomic E-state index is 11.6. The molecule has 1 aliphatic carbocycles. The lowest BCUT2D eigenvalue weighted by Crippen LogP contribution is -2.34. The van der Waals surface area contributed by atoms with Crippen LogP contribution in [0.1, 0.15) is 73.1 Å². The number of benzene rings is 2. The van der Waals surface area contributed by atoms with Crippen molar-refractivity contribution in [1.29, 1.82) is 0 Å². The van der Waals surface area contributed by atoms with E-state index in [2.05, 4.69) is 46.4 Å². The maximum absolute atomic E-state index is 11.6. The van der Waals surface area contributed by atoms with Crippen molar-refractivity contribution in [3.63, 3.8) is 0 Å². The van der Waals surface area contributed by atoms with Gasteiger partial charge < -0.3 is 4.74 Å². The normalized spacial score (nSPS) is 17.1. The van der Waals surface area contributed by atoms with Gasteiger partial charge >= 0.3 is 5.97 Å². The first kappa shape index (κ1) is 19.7. The third-order valence-corrected chi connectivity index (χ3v) is 6.23. The Labute approximate surface area is 167 Å². The number of esters is 1. The Bertz CT molecular complexity index is 905. The van der Waals surface area contributed by atoms with E-state index < -0.39 is 0 Å². The molecule has 0 saturated carbocycles. The fraction of sp³-hybridized carbons (Fsp3) is 0.375. The standard InChI is InChI=1S/C24H27ClO2/c1-15(16-7-9-17(10-8-16)22(26)27-6)18-13-19-20(14-21(18)25)24(4,5)12-11-23(19,2)3/h7-10,13-14H,1,11-12H2,2-6H3. The second-order valence-electron chi connectivity index (χ2n) is 8.69. The Kier molecular flexibility index (Phi) is 4.98. The van der Waals surface area contributed by atoms with Crippen molar-refractivity contribution >= 4 is 23.1 Å². The van der Waals surface area contributed by atoms with E-state index in [1.54, 1.807) is 12.1 Å². The van der Waals surface area contributed by atoms with E-state index in [4.69, 9.17) is 16.3 Å². The van der Waals surface area contributed by atoms with E-state index in [0.717, 1.165) is 34.6 Å². The second kappa shape index (κ2) is 6.83. The lowest BCUT2D eigenvalue weighted by molar-refractivity contribution is 0.0600. The van der Waals surface area contributed by atoms with Gasteiger partial charge in [0, 0.05) is 10.6 Å². The Balaban J connectivity index is 2.05. The smallest absolute Gasteiger partial charge is 0.337 e. The largest absolute Gasteiger partial charge is 0.465 e. The van der Waals surface area contributed by atoms with E-state index in [0.29, 0.717) is 5.56 Å². The van der Waals surface area contributed by atoms with E-state index in [9.17, 15) is 4.79 Å². The molecule has 0 N–H and O–H groups in total. The van der Waals surface area contributed by atoms with Crippen molar-refractivity contribution in [2.24, 2.45) is 0 Å². The van der Waals surface area contributed by atoms with Gasteiger partial charge in [-0.25, -0.2) is 4.79 Å². The van der Waals surface area contributed by atoms with Gasteiger partial charge in [-0.05, 0) is 70.2 Å². The van der Waals surface area contributed by atoms with Gasteiger partial charge in [-0.3, -0.25) is 0 Å². The number of halogens is 1. The van der Waals surface area contributed by atoms with Gasteiger partial charge in [0.1, 0.15) is 0 Å². The summed E-state index contributed by atoms with van der Waals surface area (Å²) in [4.78, 5) is 11.6. The fourth-order valence-corrected chi connectivity index (χ4v) is 4.18. The minimum Gasteiger partial charge on any atom is -0.465 e. The molecular weight excluding hydrogens is 356 g/mol. The average molecular weight is 383 g/mol. The topological polar surface area (TPSA) is 26.3 Å². The monoisotopic (exact) mass is 382 g/mol. The molecule has 0 spiro atoms. The number of carbonyl (C=O) groups excluding carboxylic acids is 1. The third-order valence-electron chi connectivity index (χ3n) is 5.92. The fourth-order valence-electron chi connectivity index (χ4n) is 3.90. The van der Waals surface area contributed by atoms with Crippen molar-refractivity contribution in [3.05, 3.63) is 75.8 Å². The van der Waals surface area contributed by atoms with Gasteiger partial charge in [-0.1, -0.05) is 58.0 Å². The molecule has 3 rings (SSSR count). The second-order valence-corrected chi connectivity index (χ2v) is 9.10. The Morgan fingerprint density at radius 3 is 1.96 bits per heavy atom. The molecule has 2 aromatic rings. The quantitative estimate of drug-likeness (QED) is 0.563. The molecular formula is C24H27ClO2. The molecule has 0 amide bonds. The van der Waals surface area contributed by atoms with Crippen LogP contribution in [0.5, 0.6) is 0 Å². The first-order valence-corrected chi connectivity index (χ1v) is 9.67. The van der Waals surface area contributed by atoms with E-state index in [1.165, 1.54) is 18.2 Å². The summed E-state index contributed by atoms with van der Waals surface area (Å²) in [6.07, 6.45) is 2.30. The molecule has 0 radical (unpaired) electrons. The molecule has 0 unspecified atom stereocenters. The summed E-state index contributed by atoms with van der Waals surface area (Å²) in [5.41, 5.74) is 6.19. The zero-order valence-corrected chi connectivity index (χ0v) is 17.5. The lowest BCUT2D eigenvalue weighted by Gasteiger charge is -2.42. The number of hydrogen-bond donors (Lipinski definition) is 0. The highest BCUT2D eigenvalue weighted by atomic mass is 35.5. The van der Waals surface area contributed by atoms with Crippen molar-refractivity contribution in [1.82, 2.24) is 0 Å². The molecule has 2 nitrogen and oxygen atoms in total. The summed E-state index contributed by atoms with van der Waals surface area (Å²) in [5.74, 6) is -0.344. The van der Waals surface area contributed by atoms with Crippen LogP contribution in [0.15, 0.2) is 43.0 Å². The molecule has 0 aliphatic heterocycles. The van der Waals surface area contributed by atoms with Crippen molar-refractivity contribution in [2.45, 2.75) is 51.4 Å². The predicted octanol–water partition coefficient (Wildman–Crippen LogP) is 6.54. The number of fused-ring (bicyclic) bond motifs is 1. The molecule has 3 heteroatoms. The minimum absolute atomic E-state index is 0.110. The minimum atomic E-state index is -0.344. The Hall–Kier alpha value is -2.06. The van der Waals surface area contributed by atoms with Crippen LogP contribution in [-0.4, -0.2) is 13.1 Å². The molecule has 142 valence electrons. The molecule has 2 aromatic carbocycles. The van der Waals surface area contributed by atoms with E-state index >= 15 is 0 Å². The number of hydrogen-bond acceptors (Lipinski definition) is 2. The molecule has 0 heterocycles. The molecule has 1 aliphatic rings. The summed E-state index contributed by atoms with van der Waals surface area (Å²) in [6, 6.07) is 11.6. The summed E-state index contributed by atoms with van der Waals surface area (Å²) < 4.78 is 4.76. The highest BCUT2D eigenvalue weighted by molar-refractivity contribution is 6.32. The van der Waals surface area contributed by atoms with Gasteiger partial charge in [0.15, 0.2) is 0 Å². The molecule has 0 atom stereocenters. The summed E-state index contributed by atoms with van der Waals surface area (Å²) in [7, 11) is 1.38. The van der Waals surface area contributed by atoms with Crippen LogP contribution in [0.4, 0.5) is 0 Å². The zero-order valence-electron chi connectivity index (χ0n) is 16.8. The molecule has 0 fully saturated rings. The molecule has 0 bridgehead atoms. The SMILES string of the molecule is C=C(c1ccc(C(=O)OC)cc1)c1cc2c(cc1Cl)C(C)(C)CCC2(C)C. The molecule has 0 saturated heterocycles. The first-order valence-electron chi connectivity index (χ1n) is 9.29. The van der Waals surface area contributed by atoms with Crippen molar-refractivity contribution < 1.29 is 9.53 Å². The van der Waals surface area contributed by atoms with Crippen LogP contribution in [0, 0.1) is 0 Å². The number of carbonyl (C=O) groups is 1. The highest BCUT2D eigenvalue weighted by Crippen LogP contribution is 2.48. The van der Waals surface area contributed by atoms with E-state index in [1.807, 2.05) is 12.1 Å². The van der Waals surface area contributed by atoms with Crippen LogP contribution in [-0.2, 0) is 15.6 Å². The maximum Gasteiger partial charge on any atom is 0.337 e. The summed E-state index contributed by atoms with van der Waals surface area (Å²) >= 11 is 6.70. The highest BCUT2D eigenvalue weighted by Gasteiger charge is 2.37. The first-order chi connectivity index (χ1) is 12.6. The van der Waals surface area contributed by atoms with Gasteiger partial charge in [-0.15, -0.1) is 0 Å². The summed E-state index contributed by atoms with van der Waals surface area (Å²) in [5, 5.41) is 0.724. The van der Waals surface area contributed by atoms with Crippen LogP contribution in [0.2, 0.25) is 5.02 Å². The van der Waals surface area contributed by atoms with Gasteiger partial charge in [0.05, 0.1) is 12.7 Å². The van der Waals surface area contributed by atoms with Gasteiger partial charge in [-0.2, -0.15) is 0 Å². The molecule has 0 aromatic heterocycles. The molecule has 27 heavy (non-hydrogen) atoms. The number of ether oxygens (including phenoxy) is 1. The third kappa shape index (κ3) is 3.55.